The van der Waals surface area contributed by atoms with Crippen LogP contribution in [0.5, 0.6) is 5.75 Å². The molecule has 1 N–H and O–H groups in total. The second kappa shape index (κ2) is 6.35. The quantitative estimate of drug-likeness (QED) is 0.822. The first kappa shape index (κ1) is 14.3. The van der Waals surface area contributed by atoms with Crippen LogP contribution in [0.1, 0.15) is 44.7 Å². The van der Waals surface area contributed by atoms with E-state index >= 15 is 0 Å². The van der Waals surface area contributed by atoms with Gasteiger partial charge < -0.3 is 14.8 Å². The van der Waals surface area contributed by atoms with Crippen molar-refractivity contribution in [1.29, 1.82) is 0 Å². The molecule has 1 heterocycles. The lowest BCUT2D eigenvalue weighted by molar-refractivity contribution is -0.0995. The molecule has 1 fully saturated rings. The molecule has 1 saturated carbocycles. The highest BCUT2D eigenvalue weighted by molar-refractivity contribution is 5.29. The van der Waals surface area contributed by atoms with Crippen LogP contribution in [0.2, 0.25) is 0 Å². The van der Waals surface area contributed by atoms with E-state index in [9.17, 15) is 0 Å². The van der Waals surface area contributed by atoms with Crippen LogP contribution in [-0.2, 0) is 4.74 Å². The van der Waals surface area contributed by atoms with Gasteiger partial charge in [0.25, 0.3) is 0 Å². The topological polar surface area (TPSA) is 43.4 Å². The first-order chi connectivity index (χ1) is 9.25. The maximum Gasteiger partial charge on any atom is 0.137 e. The molecular weight excluding hydrogens is 240 g/mol. The first-order valence-corrected chi connectivity index (χ1v) is 7.12. The molecule has 0 saturated heterocycles. The fraction of sp³-hybridized carbons (Fsp3) is 0.667. The molecule has 19 heavy (non-hydrogen) atoms. The number of pyridine rings is 1. The number of aromatic nitrogens is 1. The second-order valence-electron chi connectivity index (χ2n) is 5.00. The number of likely N-dealkylation sites (N-methyl/N-ethyl adjacent to an activating group) is 1. The normalized spacial score (nSPS) is 18.7. The lowest BCUT2D eigenvalue weighted by Gasteiger charge is -2.46. The highest BCUT2D eigenvalue weighted by Gasteiger charge is 2.45. The molecule has 2 rings (SSSR count). The van der Waals surface area contributed by atoms with Crippen molar-refractivity contribution >= 4 is 0 Å². The number of ether oxygens (including phenoxy) is 2. The van der Waals surface area contributed by atoms with Crippen molar-refractivity contribution in [2.24, 2.45) is 0 Å². The molecular formula is C15H24N2O2. The molecule has 1 aliphatic rings. The Morgan fingerprint density at radius 1 is 1.37 bits per heavy atom. The average molecular weight is 264 g/mol. The van der Waals surface area contributed by atoms with Gasteiger partial charge in [0.15, 0.2) is 0 Å². The van der Waals surface area contributed by atoms with Gasteiger partial charge >= 0.3 is 0 Å². The van der Waals surface area contributed by atoms with E-state index in [2.05, 4.69) is 23.3 Å². The summed E-state index contributed by atoms with van der Waals surface area (Å²) in [5, 5.41) is 3.54. The van der Waals surface area contributed by atoms with Crippen molar-refractivity contribution in [3.05, 3.63) is 24.0 Å². The first-order valence-electron chi connectivity index (χ1n) is 7.12. The van der Waals surface area contributed by atoms with E-state index in [-0.39, 0.29) is 11.6 Å². The summed E-state index contributed by atoms with van der Waals surface area (Å²) in [7, 11) is 1.81. The Labute approximate surface area is 115 Å². The molecule has 1 atom stereocenters. The van der Waals surface area contributed by atoms with Crippen LogP contribution in [-0.4, -0.2) is 30.8 Å². The summed E-state index contributed by atoms with van der Waals surface area (Å²) < 4.78 is 11.4. The summed E-state index contributed by atoms with van der Waals surface area (Å²) in [4.78, 5) is 4.29. The van der Waals surface area contributed by atoms with E-state index in [1.54, 1.807) is 6.20 Å². The minimum Gasteiger partial charge on any atom is -0.492 e. The Bertz CT molecular complexity index is 399. The van der Waals surface area contributed by atoms with Gasteiger partial charge in [-0.25, -0.2) is 0 Å². The molecule has 0 amide bonds. The van der Waals surface area contributed by atoms with Crippen LogP contribution < -0.4 is 10.1 Å². The molecule has 106 valence electrons. The van der Waals surface area contributed by atoms with Gasteiger partial charge in [0.2, 0.25) is 0 Å². The number of hydrogen-bond acceptors (Lipinski definition) is 4. The fourth-order valence-corrected chi connectivity index (χ4v) is 2.79. The maximum absolute atomic E-state index is 5.81. The minimum absolute atomic E-state index is 0.0808. The van der Waals surface area contributed by atoms with Gasteiger partial charge in [-0.3, -0.25) is 4.98 Å². The van der Waals surface area contributed by atoms with Crippen molar-refractivity contribution < 1.29 is 9.47 Å². The molecule has 1 aromatic heterocycles. The van der Waals surface area contributed by atoms with Crippen molar-refractivity contribution in [2.45, 2.75) is 44.8 Å². The van der Waals surface area contributed by atoms with Gasteiger partial charge in [-0.15, -0.1) is 0 Å². The predicted octanol–water partition coefficient (Wildman–Crippen LogP) is 2.70. The predicted molar refractivity (Wildman–Crippen MR) is 75.4 cm³/mol. The van der Waals surface area contributed by atoms with E-state index < -0.39 is 0 Å². The molecule has 0 aromatic carbocycles. The number of nitrogens with one attached hydrogen (secondary N) is 1. The van der Waals surface area contributed by atoms with Gasteiger partial charge in [-0.05, 0) is 44.4 Å². The van der Waals surface area contributed by atoms with Crippen molar-refractivity contribution in [3.8, 4) is 5.75 Å². The monoisotopic (exact) mass is 264 g/mol. The lowest BCUT2D eigenvalue weighted by Crippen LogP contribution is -2.50. The van der Waals surface area contributed by atoms with Crippen molar-refractivity contribution in [2.75, 3.05) is 20.3 Å². The summed E-state index contributed by atoms with van der Waals surface area (Å²) in [6.45, 7) is 5.67. The summed E-state index contributed by atoms with van der Waals surface area (Å²) in [5.74, 6) is 0.827. The Morgan fingerprint density at radius 2 is 2.16 bits per heavy atom. The summed E-state index contributed by atoms with van der Waals surface area (Å²) in [5.41, 5.74) is 1.07. The van der Waals surface area contributed by atoms with Crippen molar-refractivity contribution in [1.82, 2.24) is 10.3 Å². The Kier molecular flexibility index (Phi) is 4.77. The van der Waals surface area contributed by atoms with E-state index in [1.165, 1.54) is 6.42 Å². The second-order valence-corrected chi connectivity index (χ2v) is 5.00. The summed E-state index contributed by atoms with van der Waals surface area (Å²) in [6.07, 6.45) is 7.10. The summed E-state index contributed by atoms with van der Waals surface area (Å²) in [6, 6.07) is 2.26. The van der Waals surface area contributed by atoms with Crippen LogP contribution in [0, 0.1) is 0 Å². The zero-order valence-electron chi connectivity index (χ0n) is 12.1. The molecule has 1 aliphatic carbocycles. The SMILES string of the molecule is CCNC(c1cncc(OCC)c1)C1(OC)CCC1. The zero-order chi connectivity index (χ0) is 13.7. The molecule has 1 unspecified atom stereocenters. The molecule has 0 spiro atoms. The molecule has 0 aliphatic heterocycles. The molecule has 4 nitrogen and oxygen atoms in total. The smallest absolute Gasteiger partial charge is 0.137 e. The number of rotatable bonds is 7. The van der Waals surface area contributed by atoms with Crippen LogP contribution >= 0.6 is 0 Å². The van der Waals surface area contributed by atoms with Crippen LogP contribution in [0.4, 0.5) is 0 Å². The van der Waals surface area contributed by atoms with E-state index in [0.717, 1.165) is 30.7 Å². The van der Waals surface area contributed by atoms with Crippen LogP contribution in [0.3, 0.4) is 0 Å². The highest BCUT2D eigenvalue weighted by atomic mass is 16.5. The number of hydrogen-bond donors (Lipinski definition) is 1. The van der Waals surface area contributed by atoms with Gasteiger partial charge in [0, 0.05) is 13.3 Å². The fourth-order valence-electron chi connectivity index (χ4n) is 2.79. The van der Waals surface area contributed by atoms with Gasteiger partial charge in [0.1, 0.15) is 5.75 Å². The largest absolute Gasteiger partial charge is 0.492 e. The molecule has 1 aromatic rings. The number of methoxy groups -OCH3 is 1. The van der Waals surface area contributed by atoms with E-state index in [1.807, 2.05) is 20.2 Å². The van der Waals surface area contributed by atoms with Gasteiger partial charge in [-0.1, -0.05) is 6.92 Å². The van der Waals surface area contributed by atoms with Gasteiger partial charge in [-0.2, -0.15) is 0 Å². The third-order valence-electron chi connectivity index (χ3n) is 3.92. The van der Waals surface area contributed by atoms with Crippen LogP contribution in [0.25, 0.3) is 0 Å². The number of nitrogens with zero attached hydrogens (tertiary/aromatic N) is 1. The van der Waals surface area contributed by atoms with E-state index in [4.69, 9.17) is 9.47 Å². The molecule has 0 bridgehead atoms. The Morgan fingerprint density at radius 3 is 2.68 bits per heavy atom. The maximum atomic E-state index is 5.81. The molecule has 0 radical (unpaired) electrons. The third-order valence-corrected chi connectivity index (χ3v) is 3.92. The van der Waals surface area contributed by atoms with E-state index in [0.29, 0.717) is 6.61 Å². The average Bonchev–Trinajstić information content (AvgIpc) is 2.38. The third kappa shape index (κ3) is 2.90. The molecule has 4 heteroatoms. The lowest BCUT2D eigenvalue weighted by atomic mass is 9.72. The van der Waals surface area contributed by atoms with Crippen LogP contribution in [0.15, 0.2) is 18.5 Å². The summed E-state index contributed by atoms with van der Waals surface area (Å²) >= 11 is 0. The van der Waals surface area contributed by atoms with Crippen molar-refractivity contribution in [3.63, 3.8) is 0 Å². The van der Waals surface area contributed by atoms with Gasteiger partial charge in [0.05, 0.1) is 24.4 Å². The highest BCUT2D eigenvalue weighted by Crippen LogP contribution is 2.45. The zero-order valence-corrected chi connectivity index (χ0v) is 12.1. The standard InChI is InChI=1S/C15H24N2O2/c1-4-17-14(15(18-3)7-6-8-15)12-9-13(19-5-2)11-16-10-12/h9-11,14,17H,4-8H2,1-3H3. The Balaban J connectivity index is 2.25. The Hall–Kier alpha value is -1.13. The minimum atomic E-state index is -0.0808.